The first kappa shape index (κ1) is 19.2. The predicted octanol–water partition coefficient (Wildman–Crippen LogP) is 3.71. The van der Waals surface area contributed by atoms with Crippen molar-refractivity contribution in [3.8, 4) is 11.8 Å². The minimum Gasteiger partial charge on any atom is -0.479 e. The summed E-state index contributed by atoms with van der Waals surface area (Å²) in [5.74, 6) is -0.235. The van der Waals surface area contributed by atoms with E-state index in [0.717, 1.165) is 16.0 Å². The van der Waals surface area contributed by atoms with Gasteiger partial charge in [-0.15, -0.1) is 11.3 Å². The Kier molecular flexibility index (Phi) is 6.53. The number of nitrogens with one attached hydrogen (secondary N) is 1. The summed E-state index contributed by atoms with van der Waals surface area (Å²) in [5.41, 5.74) is 1.99. The summed E-state index contributed by atoms with van der Waals surface area (Å²) in [5, 5.41) is 11.7. The number of anilines is 1. The van der Waals surface area contributed by atoms with Gasteiger partial charge in [0, 0.05) is 11.0 Å². The summed E-state index contributed by atoms with van der Waals surface area (Å²) in [7, 11) is 1.31. The molecular weight excluding hydrogens is 352 g/mol. The fraction of sp³-hybridized carbons (Fsp3) is 0.211. The van der Waals surface area contributed by atoms with Crippen molar-refractivity contribution < 1.29 is 19.1 Å². The van der Waals surface area contributed by atoms with Gasteiger partial charge in [-0.05, 0) is 43.2 Å². The lowest BCUT2D eigenvalue weighted by Gasteiger charge is -2.04. The van der Waals surface area contributed by atoms with E-state index in [4.69, 9.17) is 14.7 Å². The van der Waals surface area contributed by atoms with Gasteiger partial charge in [-0.3, -0.25) is 4.79 Å². The van der Waals surface area contributed by atoms with Crippen molar-refractivity contribution in [3.05, 3.63) is 51.9 Å². The van der Waals surface area contributed by atoms with Gasteiger partial charge in [0.25, 0.3) is 0 Å². The first-order valence-electron chi connectivity index (χ1n) is 7.73. The number of hydrogen-bond acceptors (Lipinski definition) is 6. The van der Waals surface area contributed by atoms with Gasteiger partial charge in [-0.1, -0.05) is 12.1 Å². The third-order valence-electron chi connectivity index (χ3n) is 3.62. The molecule has 1 aromatic heterocycles. The second-order valence-corrected chi connectivity index (χ2v) is 6.54. The molecule has 7 heteroatoms. The van der Waals surface area contributed by atoms with Crippen LogP contribution in [-0.4, -0.2) is 25.6 Å². The lowest BCUT2D eigenvalue weighted by molar-refractivity contribution is -0.111. The highest BCUT2D eigenvalue weighted by Crippen LogP contribution is 2.32. The van der Waals surface area contributed by atoms with E-state index in [-0.39, 0.29) is 12.5 Å². The average Bonchev–Trinajstić information content (AvgIpc) is 2.92. The van der Waals surface area contributed by atoms with E-state index in [1.807, 2.05) is 19.9 Å². The number of nitriles is 1. The zero-order valence-electron chi connectivity index (χ0n) is 14.7. The summed E-state index contributed by atoms with van der Waals surface area (Å²) in [6, 6.07) is 8.88. The van der Waals surface area contributed by atoms with Crippen molar-refractivity contribution in [3.63, 3.8) is 0 Å². The van der Waals surface area contributed by atoms with Crippen LogP contribution >= 0.6 is 11.3 Å². The number of amides is 1. The van der Waals surface area contributed by atoms with E-state index in [0.29, 0.717) is 16.3 Å². The van der Waals surface area contributed by atoms with E-state index >= 15 is 0 Å². The molecule has 0 aliphatic heterocycles. The molecule has 6 nitrogen and oxygen atoms in total. The fourth-order valence-electron chi connectivity index (χ4n) is 2.18. The molecule has 0 atom stereocenters. The van der Waals surface area contributed by atoms with Crippen molar-refractivity contribution in [2.45, 2.75) is 13.8 Å². The minimum absolute atomic E-state index is 0.0141. The Morgan fingerprint density at radius 3 is 2.58 bits per heavy atom. The highest BCUT2D eigenvalue weighted by molar-refractivity contribution is 7.16. The smallest absolute Gasteiger partial charge is 0.341 e. The maximum absolute atomic E-state index is 12.2. The second kappa shape index (κ2) is 8.83. The molecule has 2 aromatic rings. The van der Waals surface area contributed by atoms with Crippen molar-refractivity contribution in [2.75, 3.05) is 19.0 Å². The molecule has 0 spiro atoms. The SMILES string of the molecule is COC(=O)c1c(NC(=O)C=Cc2ccc(OCC#N)cc2)sc(C)c1C. The van der Waals surface area contributed by atoms with Crippen molar-refractivity contribution >= 4 is 34.3 Å². The number of carbonyl (C=O) groups excluding carboxylic acids is 2. The molecule has 0 saturated carbocycles. The summed E-state index contributed by atoms with van der Waals surface area (Å²) >= 11 is 1.33. The quantitative estimate of drug-likeness (QED) is 0.619. The van der Waals surface area contributed by atoms with Crippen molar-refractivity contribution in [2.24, 2.45) is 0 Å². The van der Waals surface area contributed by atoms with E-state index in [9.17, 15) is 9.59 Å². The molecule has 1 N–H and O–H groups in total. The van der Waals surface area contributed by atoms with Crippen LogP contribution in [0.3, 0.4) is 0 Å². The van der Waals surface area contributed by atoms with Crippen LogP contribution in [0.1, 0.15) is 26.4 Å². The minimum atomic E-state index is -0.473. The number of benzene rings is 1. The van der Waals surface area contributed by atoms with Crippen LogP contribution < -0.4 is 10.1 Å². The molecule has 0 saturated heterocycles. The van der Waals surface area contributed by atoms with Crippen LogP contribution in [0.5, 0.6) is 5.75 Å². The van der Waals surface area contributed by atoms with Gasteiger partial charge in [0.05, 0.1) is 12.7 Å². The van der Waals surface area contributed by atoms with Gasteiger partial charge in [0.1, 0.15) is 16.8 Å². The standard InChI is InChI=1S/C19H18N2O4S/c1-12-13(2)26-18(17(12)19(23)24-3)21-16(22)9-6-14-4-7-15(8-5-14)25-11-10-20/h4-9H,11H2,1-3H3,(H,21,22). The average molecular weight is 370 g/mol. The van der Waals surface area contributed by atoms with Gasteiger partial charge in [0.15, 0.2) is 6.61 Å². The van der Waals surface area contributed by atoms with Gasteiger partial charge < -0.3 is 14.8 Å². The van der Waals surface area contributed by atoms with Crippen LogP contribution in [0.4, 0.5) is 5.00 Å². The normalized spacial score (nSPS) is 10.4. The number of carbonyl (C=O) groups is 2. The summed E-state index contributed by atoms with van der Waals surface area (Å²) in [6.07, 6.45) is 3.03. The third kappa shape index (κ3) is 4.71. The van der Waals surface area contributed by atoms with Crippen molar-refractivity contribution in [1.29, 1.82) is 5.26 Å². The molecule has 0 aliphatic carbocycles. The van der Waals surface area contributed by atoms with Crippen molar-refractivity contribution in [1.82, 2.24) is 0 Å². The van der Waals surface area contributed by atoms with E-state index in [1.165, 1.54) is 24.5 Å². The largest absolute Gasteiger partial charge is 0.479 e. The Balaban J connectivity index is 2.07. The zero-order valence-corrected chi connectivity index (χ0v) is 15.5. The van der Waals surface area contributed by atoms with E-state index < -0.39 is 5.97 Å². The number of ether oxygens (including phenoxy) is 2. The van der Waals surface area contributed by atoms with Crippen LogP contribution in [0.15, 0.2) is 30.3 Å². The molecule has 0 bridgehead atoms. The molecule has 2 rings (SSSR count). The number of nitrogens with zero attached hydrogens (tertiary/aromatic N) is 1. The maximum Gasteiger partial charge on any atom is 0.341 e. The molecule has 1 amide bonds. The molecule has 0 unspecified atom stereocenters. The highest BCUT2D eigenvalue weighted by Gasteiger charge is 2.20. The first-order valence-corrected chi connectivity index (χ1v) is 8.55. The van der Waals surface area contributed by atoms with Crippen LogP contribution in [0, 0.1) is 25.2 Å². The monoisotopic (exact) mass is 370 g/mol. The number of hydrogen-bond donors (Lipinski definition) is 1. The Labute approximate surface area is 155 Å². The topological polar surface area (TPSA) is 88.4 Å². The summed E-state index contributed by atoms with van der Waals surface area (Å²) in [4.78, 5) is 25.0. The highest BCUT2D eigenvalue weighted by atomic mass is 32.1. The Bertz CT molecular complexity index is 876. The fourth-order valence-corrected chi connectivity index (χ4v) is 3.23. The van der Waals surface area contributed by atoms with Gasteiger partial charge in [-0.25, -0.2) is 4.79 Å². The number of methoxy groups -OCH3 is 1. The van der Waals surface area contributed by atoms with Gasteiger partial charge in [-0.2, -0.15) is 5.26 Å². The molecule has 26 heavy (non-hydrogen) atoms. The predicted molar refractivity (Wildman–Crippen MR) is 100 cm³/mol. The molecular formula is C19H18N2O4S. The van der Waals surface area contributed by atoms with E-state index in [2.05, 4.69) is 5.32 Å². The third-order valence-corrected chi connectivity index (χ3v) is 4.74. The zero-order chi connectivity index (χ0) is 19.1. The molecule has 0 fully saturated rings. The Morgan fingerprint density at radius 2 is 1.96 bits per heavy atom. The molecule has 1 aromatic carbocycles. The first-order chi connectivity index (χ1) is 12.5. The second-order valence-electron chi connectivity index (χ2n) is 5.32. The van der Waals surface area contributed by atoms with E-state index in [1.54, 1.807) is 30.3 Å². The summed E-state index contributed by atoms with van der Waals surface area (Å²) in [6.45, 7) is 3.69. The van der Waals surface area contributed by atoms with Crippen LogP contribution in [0.2, 0.25) is 0 Å². The van der Waals surface area contributed by atoms with Crippen LogP contribution in [-0.2, 0) is 9.53 Å². The molecule has 0 radical (unpaired) electrons. The maximum atomic E-state index is 12.2. The molecule has 0 aliphatic rings. The number of aryl methyl sites for hydroxylation is 1. The molecule has 134 valence electrons. The van der Waals surface area contributed by atoms with Gasteiger partial charge >= 0.3 is 5.97 Å². The van der Waals surface area contributed by atoms with Crippen LogP contribution in [0.25, 0.3) is 6.08 Å². The lowest BCUT2D eigenvalue weighted by Crippen LogP contribution is -2.11. The Morgan fingerprint density at radius 1 is 1.27 bits per heavy atom. The number of esters is 1. The lowest BCUT2D eigenvalue weighted by atomic mass is 10.1. The van der Waals surface area contributed by atoms with Gasteiger partial charge in [0.2, 0.25) is 5.91 Å². The number of rotatable bonds is 6. The molecule has 1 heterocycles. The Hall–Kier alpha value is -3.11. The number of thiophene rings is 1. The summed E-state index contributed by atoms with van der Waals surface area (Å²) < 4.78 is 9.96.